The summed E-state index contributed by atoms with van der Waals surface area (Å²) in [5.41, 5.74) is 2.47. The van der Waals surface area contributed by atoms with E-state index in [0.29, 0.717) is 6.61 Å². The summed E-state index contributed by atoms with van der Waals surface area (Å²) in [6, 6.07) is 4.09. The Balaban J connectivity index is 0.000000461. The highest BCUT2D eigenvalue weighted by Crippen LogP contribution is 2.23. The molecule has 1 fully saturated rings. The first-order chi connectivity index (χ1) is 9.81. The minimum Gasteiger partial charge on any atom is -0.472 e. The van der Waals surface area contributed by atoms with Gasteiger partial charge < -0.3 is 9.47 Å². The van der Waals surface area contributed by atoms with Crippen LogP contribution in [-0.2, 0) is 17.8 Å². The first-order valence-electron chi connectivity index (χ1n) is 7.73. The van der Waals surface area contributed by atoms with Gasteiger partial charge in [0.2, 0.25) is 5.88 Å². The first kappa shape index (κ1) is 16.9. The molecule has 0 spiro atoms. The van der Waals surface area contributed by atoms with Crippen LogP contribution in [0, 0.1) is 0 Å². The molecule has 3 rings (SSSR count). The second kappa shape index (κ2) is 8.93. The minimum absolute atomic E-state index is 0.185. The summed E-state index contributed by atoms with van der Waals surface area (Å²) in [7, 11) is 2.10. The van der Waals surface area contributed by atoms with Gasteiger partial charge in [0.05, 0.1) is 18.9 Å². The van der Waals surface area contributed by atoms with E-state index in [0.717, 1.165) is 37.7 Å². The maximum atomic E-state index is 5.78. The summed E-state index contributed by atoms with van der Waals surface area (Å²) >= 11 is 0. The third-order valence-electron chi connectivity index (χ3n) is 3.08. The summed E-state index contributed by atoms with van der Waals surface area (Å²) in [6.45, 7) is 11.4. The van der Waals surface area contributed by atoms with Crippen molar-refractivity contribution in [1.29, 1.82) is 0 Å². The summed E-state index contributed by atoms with van der Waals surface area (Å²) in [5.74, 6) is 0.740. The fourth-order valence-electron chi connectivity index (χ4n) is 2.24. The van der Waals surface area contributed by atoms with E-state index in [4.69, 9.17) is 9.47 Å². The quantitative estimate of drug-likeness (QED) is 0.833. The Hall–Kier alpha value is -1.13. The number of nitrogens with zero attached hydrogens (tertiary/aromatic N) is 2. The van der Waals surface area contributed by atoms with Gasteiger partial charge in [0, 0.05) is 25.6 Å². The van der Waals surface area contributed by atoms with E-state index >= 15 is 0 Å². The number of ether oxygens (including phenoxy) is 2. The average molecular weight is 280 g/mol. The van der Waals surface area contributed by atoms with Gasteiger partial charge in [0.15, 0.2) is 0 Å². The van der Waals surface area contributed by atoms with Gasteiger partial charge in [-0.2, -0.15) is 0 Å². The van der Waals surface area contributed by atoms with Gasteiger partial charge in [0.25, 0.3) is 0 Å². The molecule has 4 nitrogen and oxygen atoms in total. The lowest BCUT2D eigenvalue weighted by Gasteiger charge is -2.11. The molecule has 0 amide bonds. The van der Waals surface area contributed by atoms with Gasteiger partial charge in [-0.05, 0) is 12.6 Å². The predicted octanol–water partition coefficient (Wildman–Crippen LogP) is 3.25. The van der Waals surface area contributed by atoms with Crippen molar-refractivity contribution in [3.8, 4) is 5.88 Å². The number of aromatic nitrogens is 1. The van der Waals surface area contributed by atoms with Crippen molar-refractivity contribution >= 4 is 0 Å². The zero-order valence-electron chi connectivity index (χ0n) is 13.5. The van der Waals surface area contributed by atoms with Crippen molar-refractivity contribution in [2.24, 2.45) is 0 Å². The molecular weight excluding hydrogens is 252 g/mol. The highest BCUT2D eigenvalue weighted by molar-refractivity contribution is 5.28. The van der Waals surface area contributed by atoms with Crippen molar-refractivity contribution < 1.29 is 9.47 Å². The van der Waals surface area contributed by atoms with Crippen LogP contribution in [0.3, 0.4) is 0 Å². The van der Waals surface area contributed by atoms with Gasteiger partial charge >= 0.3 is 0 Å². The Bertz CT molecular complexity index is 390. The van der Waals surface area contributed by atoms with E-state index in [1.807, 2.05) is 33.8 Å². The standard InChI is InChI=1S/C12H16N2O2.2C2H6/c1-14-6-9-2-3-12(13-11(9)7-14)16-10-4-5-15-8-10;2*1-2/h2-3,10H,4-8H2,1H3;2*1-2H3. The van der Waals surface area contributed by atoms with E-state index in [9.17, 15) is 0 Å². The van der Waals surface area contributed by atoms with Crippen LogP contribution in [-0.4, -0.2) is 36.2 Å². The molecule has 0 saturated carbocycles. The number of rotatable bonds is 2. The van der Waals surface area contributed by atoms with Crippen LogP contribution in [0.4, 0.5) is 0 Å². The van der Waals surface area contributed by atoms with E-state index in [2.05, 4.69) is 23.0 Å². The van der Waals surface area contributed by atoms with Crippen LogP contribution in [0.25, 0.3) is 0 Å². The molecule has 1 atom stereocenters. The average Bonchev–Trinajstić information content (AvgIpc) is 3.11. The monoisotopic (exact) mass is 280 g/mol. The van der Waals surface area contributed by atoms with E-state index in [1.54, 1.807) is 0 Å². The molecule has 0 aromatic carbocycles. The Kier molecular flexibility index (Phi) is 7.55. The Morgan fingerprint density at radius 2 is 1.95 bits per heavy atom. The Labute approximate surface area is 123 Å². The van der Waals surface area contributed by atoms with E-state index in [-0.39, 0.29) is 6.10 Å². The SMILES string of the molecule is CC.CC.CN1Cc2ccc(OC3CCOC3)nc2C1. The number of pyridine rings is 1. The normalized spacial score (nSPS) is 20.4. The lowest BCUT2D eigenvalue weighted by Crippen LogP contribution is -2.16. The molecule has 3 heterocycles. The minimum atomic E-state index is 0.185. The molecule has 114 valence electrons. The second-order valence-corrected chi connectivity index (χ2v) is 4.53. The van der Waals surface area contributed by atoms with Crippen LogP contribution in [0.2, 0.25) is 0 Å². The summed E-state index contributed by atoms with van der Waals surface area (Å²) in [6.07, 6.45) is 1.16. The maximum Gasteiger partial charge on any atom is 0.213 e. The molecular formula is C16H28N2O2. The number of fused-ring (bicyclic) bond motifs is 1. The molecule has 0 N–H and O–H groups in total. The van der Waals surface area contributed by atoms with Crippen molar-refractivity contribution in [2.45, 2.75) is 53.3 Å². The van der Waals surface area contributed by atoms with E-state index in [1.165, 1.54) is 5.56 Å². The van der Waals surface area contributed by atoms with Crippen molar-refractivity contribution in [3.05, 3.63) is 23.4 Å². The van der Waals surface area contributed by atoms with Gasteiger partial charge in [-0.15, -0.1) is 0 Å². The molecule has 0 bridgehead atoms. The molecule has 1 aromatic heterocycles. The lowest BCUT2D eigenvalue weighted by molar-refractivity contribution is 0.138. The van der Waals surface area contributed by atoms with Crippen molar-refractivity contribution in [2.75, 3.05) is 20.3 Å². The van der Waals surface area contributed by atoms with Crippen LogP contribution < -0.4 is 4.74 Å². The number of hydrogen-bond donors (Lipinski definition) is 0. The van der Waals surface area contributed by atoms with Crippen LogP contribution >= 0.6 is 0 Å². The smallest absolute Gasteiger partial charge is 0.213 e. The maximum absolute atomic E-state index is 5.78. The fraction of sp³-hybridized carbons (Fsp3) is 0.688. The Morgan fingerprint density at radius 1 is 1.20 bits per heavy atom. The topological polar surface area (TPSA) is 34.6 Å². The molecule has 20 heavy (non-hydrogen) atoms. The lowest BCUT2D eigenvalue weighted by atomic mass is 10.2. The van der Waals surface area contributed by atoms with Crippen LogP contribution in [0.5, 0.6) is 5.88 Å². The summed E-state index contributed by atoms with van der Waals surface area (Å²) in [4.78, 5) is 6.80. The summed E-state index contributed by atoms with van der Waals surface area (Å²) < 4.78 is 11.1. The predicted molar refractivity (Wildman–Crippen MR) is 82.0 cm³/mol. The zero-order chi connectivity index (χ0) is 15.0. The molecule has 1 aromatic rings. The third kappa shape index (κ3) is 4.46. The summed E-state index contributed by atoms with van der Waals surface area (Å²) in [5, 5.41) is 0. The molecule has 1 saturated heterocycles. The number of hydrogen-bond acceptors (Lipinski definition) is 4. The molecule has 0 aliphatic carbocycles. The highest BCUT2D eigenvalue weighted by Gasteiger charge is 2.20. The van der Waals surface area contributed by atoms with Gasteiger partial charge in [0.1, 0.15) is 6.10 Å². The van der Waals surface area contributed by atoms with Gasteiger partial charge in [-0.25, -0.2) is 4.98 Å². The Morgan fingerprint density at radius 3 is 2.60 bits per heavy atom. The van der Waals surface area contributed by atoms with E-state index < -0.39 is 0 Å². The van der Waals surface area contributed by atoms with Crippen molar-refractivity contribution in [3.63, 3.8) is 0 Å². The molecule has 2 aliphatic rings. The highest BCUT2D eigenvalue weighted by atomic mass is 16.5. The van der Waals surface area contributed by atoms with Gasteiger partial charge in [-0.1, -0.05) is 33.8 Å². The van der Waals surface area contributed by atoms with Gasteiger partial charge in [-0.3, -0.25) is 4.90 Å². The first-order valence-corrected chi connectivity index (χ1v) is 7.73. The third-order valence-corrected chi connectivity index (χ3v) is 3.08. The fourth-order valence-corrected chi connectivity index (χ4v) is 2.24. The second-order valence-electron chi connectivity index (χ2n) is 4.53. The van der Waals surface area contributed by atoms with Crippen molar-refractivity contribution in [1.82, 2.24) is 9.88 Å². The molecule has 0 radical (unpaired) electrons. The largest absolute Gasteiger partial charge is 0.472 e. The molecule has 1 unspecified atom stereocenters. The van der Waals surface area contributed by atoms with Crippen LogP contribution in [0.1, 0.15) is 45.4 Å². The molecule has 2 aliphatic heterocycles. The zero-order valence-corrected chi connectivity index (χ0v) is 13.5. The van der Waals surface area contributed by atoms with Crippen LogP contribution in [0.15, 0.2) is 12.1 Å². The molecule has 4 heteroatoms.